The summed E-state index contributed by atoms with van der Waals surface area (Å²) in [6, 6.07) is 21.2. The van der Waals surface area contributed by atoms with E-state index in [2.05, 4.69) is 11.8 Å². The lowest BCUT2D eigenvalue weighted by Gasteiger charge is -2.08. The minimum absolute atomic E-state index is 0.244. The smallest absolute Gasteiger partial charge is 0.154 e. The number of hydrogen-bond donors (Lipinski definition) is 0. The van der Waals surface area contributed by atoms with Crippen molar-refractivity contribution in [3.8, 4) is 17.6 Å². The second-order valence-electron chi connectivity index (χ2n) is 4.77. The van der Waals surface area contributed by atoms with Crippen molar-refractivity contribution in [3.05, 3.63) is 77.9 Å². The Bertz CT molecular complexity index is 855. The number of hydrogen-bond acceptors (Lipinski definition) is 2. The zero-order valence-electron chi connectivity index (χ0n) is 12.0. The first-order chi connectivity index (χ1) is 10.9. The van der Waals surface area contributed by atoms with Crippen LogP contribution in [0.5, 0.6) is 5.75 Å². The molecule has 22 heavy (non-hydrogen) atoms. The number of benzene rings is 3. The van der Waals surface area contributed by atoms with Gasteiger partial charge < -0.3 is 4.74 Å². The van der Waals surface area contributed by atoms with E-state index in [4.69, 9.17) is 4.74 Å². The highest BCUT2D eigenvalue weighted by Gasteiger charge is 2.07. The molecule has 0 atom stereocenters. The molecule has 3 aromatic rings. The van der Waals surface area contributed by atoms with Crippen LogP contribution in [-0.4, -0.2) is 12.9 Å². The summed E-state index contributed by atoms with van der Waals surface area (Å²) in [5, 5.41) is 1.92. The molecular formula is C20H14O2. The molecule has 0 spiro atoms. The van der Waals surface area contributed by atoms with E-state index < -0.39 is 0 Å². The van der Waals surface area contributed by atoms with Gasteiger partial charge in [0, 0.05) is 5.56 Å². The van der Waals surface area contributed by atoms with Crippen molar-refractivity contribution in [2.24, 2.45) is 0 Å². The molecule has 0 unspecified atom stereocenters. The number of ether oxygens (including phenoxy) is 1. The third-order valence-corrected chi connectivity index (χ3v) is 3.35. The number of rotatable bonds is 3. The van der Waals surface area contributed by atoms with Gasteiger partial charge in [0.2, 0.25) is 0 Å². The van der Waals surface area contributed by atoms with Crippen LogP contribution in [0, 0.1) is 11.8 Å². The first kappa shape index (κ1) is 13.9. The van der Waals surface area contributed by atoms with E-state index in [1.54, 1.807) is 0 Å². The predicted molar refractivity (Wildman–Crippen MR) is 88.2 cm³/mol. The van der Waals surface area contributed by atoms with Crippen LogP contribution in [0.1, 0.15) is 15.9 Å². The Hall–Kier alpha value is -3.05. The second-order valence-corrected chi connectivity index (χ2v) is 4.77. The molecule has 0 aliphatic heterocycles. The highest BCUT2D eigenvalue weighted by molar-refractivity contribution is 6.00. The molecule has 106 valence electrons. The van der Waals surface area contributed by atoms with Crippen LogP contribution in [-0.2, 0) is 0 Å². The number of carbonyl (C=O) groups is 1. The standard InChI is InChI=1S/C20H14O2/c21-15-19-18-11-5-4-10-17(18)12-13-20(19)22-14-6-9-16-7-2-1-3-8-16/h1-5,7-8,10-13,15H,14H2. The number of carbonyl (C=O) groups excluding carboxylic acids is 1. The third-order valence-electron chi connectivity index (χ3n) is 3.35. The average molecular weight is 286 g/mol. The van der Waals surface area contributed by atoms with E-state index in [0.29, 0.717) is 11.3 Å². The van der Waals surface area contributed by atoms with Gasteiger partial charge in [-0.25, -0.2) is 0 Å². The summed E-state index contributed by atoms with van der Waals surface area (Å²) in [6.07, 6.45) is 0.836. The van der Waals surface area contributed by atoms with Gasteiger partial charge in [0.25, 0.3) is 0 Å². The molecule has 0 saturated carbocycles. The van der Waals surface area contributed by atoms with Gasteiger partial charge in [-0.15, -0.1) is 0 Å². The van der Waals surface area contributed by atoms with Gasteiger partial charge in [0.05, 0.1) is 5.56 Å². The maximum atomic E-state index is 11.4. The zero-order chi connectivity index (χ0) is 15.2. The molecule has 0 fully saturated rings. The average Bonchev–Trinajstić information content (AvgIpc) is 2.59. The molecule has 0 radical (unpaired) electrons. The van der Waals surface area contributed by atoms with Crippen molar-refractivity contribution >= 4 is 17.1 Å². The summed E-state index contributed by atoms with van der Waals surface area (Å²) < 4.78 is 5.65. The second kappa shape index (κ2) is 6.60. The minimum Gasteiger partial charge on any atom is -0.480 e. The molecule has 0 bridgehead atoms. The Morgan fingerprint density at radius 3 is 2.50 bits per heavy atom. The van der Waals surface area contributed by atoms with Crippen molar-refractivity contribution < 1.29 is 9.53 Å². The van der Waals surface area contributed by atoms with Gasteiger partial charge in [-0.3, -0.25) is 4.79 Å². The van der Waals surface area contributed by atoms with E-state index >= 15 is 0 Å². The Kier molecular flexibility index (Phi) is 4.17. The minimum atomic E-state index is 0.244. The van der Waals surface area contributed by atoms with E-state index in [0.717, 1.165) is 22.6 Å². The molecule has 0 aromatic heterocycles. The zero-order valence-corrected chi connectivity index (χ0v) is 12.0. The van der Waals surface area contributed by atoms with Gasteiger partial charge in [0.1, 0.15) is 12.4 Å². The van der Waals surface area contributed by atoms with Crippen molar-refractivity contribution in [3.63, 3.8) is 0 Å². The fraction of sp³-hybridized carbons (Fsp3) is 0.0500. The normalized spacial score (nSPS) is 9.82. The van der Waals surface area contributed by atoms with Crippen molar-refractivity contribution in [2.75, 3.05) is 6.61 Å². The largest absolute Gasteiger partial charge is 0.480 e. The van der Waals surface area contributed by atoms with Crippen LogP contribution in [0.3, 0.4) is 0 Å². The molecule has 0 heterocycles. The molecule has 0 N–H and O–H groups in total. The molecule has 0 amide bonds. The van der Waals surface area contributed by atoms with E-state index in [-0.39, 0.29) is 6.61 Å². The monoisotopic (exact) mass is 286 g/mol. The Labute approximate surface area is 129 Å². The molecule has 3 rings (SSSR count). The summed E-state index contributed by atoms with van der Waals surface area (Å²) in [4.78, 5) is 11.4. The maximum absolute atomic E-state index is 11.4. The van der Waals surface area contributed by atoms with Crippen LogP contribution in [0.15, 0.2) is 66.7 Å². The lowest BCUT2D eigenvalue weighted by molar-refractivity contribution is 0.112. The van der Waals surface area contributed by atoms with Crippen molar-refractivity contribution in [1.29, 1.82) is 0 Å². The Balaban J connectivity index is 1.80. The van der Waals surface area contributed by atoms with Gasteiger partial charge in [-0.1, -0.05) is 60.4 Å². The van der Waals surface area contributed by atoms with Crippen LogP contribution in [0.2, 0.25) is 0 Å². The van der Waals surface area contributed by atoms with Gasteiger partial charge >= 0.3 is 0 Å². The lowest BCUT2D eigenvalue weighted by Crippen LogP contribution is -1.98. The first-order valence-electron chi connectivity index (χ1n) is 7.02. The van der Waals surface area contributed by atoms with Crippen molar-refractivity contribution in [2.45, 2.75) is 0 Å². The summed E-state index contributed by atoms with van der Waals surface area (Å²) in [5.74, 6) is 6.55. The molecule has 3 aromatic carbocycles. The summed E-state index contributed by atoms with van der Waals surface area (Å²) in [5.41, 5.74) is 1.51. The highest BCUT2D eigenvalue weighted by atomic mass is 16.5. The predicted octanol–water partition coefficient (Wildman–Crippen LogP) is 4.08. The van der Waals surface area contributed by atoms with Gasteiger partial charge in [0.15, 0.2) is 6.29 Å². The SMILES string of the molecule is O=Cc1c(OCC#Cc2ccccc2)ccc2ccccc12. The lowest BCUT2D eigenvalue weighted by atomic mass is 10.0. The summed E-state index contributed by atoms with van der Waals surface area (Å²) in [7, 11) is 0. The number of aldehydes is 1. The molecule has 2 nitrogen and oxygen atoms in total. The van der Waals surface area contributed by atoms with E-state index in [1.807, 2.05) is 66.7 Å². The Morgan fingerprint density at radius 1 is 0.909 bits per heavy atom. The molecular weight excluding hydrogens is 272 g/mol. The fourth-order valence-electron chi connectivity index (χ4n) is 2.30. The summed E-state index contributed by atoms with van der Waals surface area (Å²) >= 11 is 0. The third kappa shape index (κ3) is 2.99. The first-order valence-corrected chi connectivity index (χ1v) is 7.02. The highest BCUT2D eigenvalue weighted by Crippen LogP contribution is 2.26. The fourth-order valence-corrected chi connectivity index (χ4v) is 2.30. The molecule has 0 aliphatic carbocycles. The Morgan fingerprint density at radius 2 is 1.68 bits per heavy atom. The molecule has 0 aliphatic rings. The quantitative estimate of drug-likeness (QED) is 0.535. The molecule has 0 saturated heterocycles. The van der Waals surface area contributed by atoms with E-state index in [1.165, 1.54) is 0 Å². The number of fused-ring (bicyclic) bond motifs is 1. The topological polar surface area (TPSA) is 26.3 Å². The van der Waals surface area contributed by atoms with Crippen molar-refractivity contribution in [1.82, 2.24) is 0 Å². The van der Waals surface area contributed by atoms with E-state index in [9.17, 15) is 4.79 Å². The van der Waals surface area contributed by atoms with Crippen LogP contribution in [0.4, 0.5) is 0 Å². The maximum Gasteiger partial charge on any atom is 0.154 e. The summed E-state index contributed by atoms with van der Waals surface area (Å²) in [6.45, 7) is 0.244. The molecule has 2 heteroatoms. The van der Waals surface area contributed by atoms with Crippen LogP contribution >= 0.6 is 0 Å². The van der Waals surface area contributed by atoms with Gasteiger partial charge in [-0.05, 0) is 29.0 Å². The van der Waals surface area contributed by atoms with Gasteiger partial charge in [-0.2, -0.15) is 0 Å². The van der Waals surface area contributed by atoms with Crippen LogP contribution < -0.4 is 4.74 Å². The van der Waals surface area contributed by atoms with Crippen LogP contribution in [0.25, 0.3) is 10.8 Å².